The number of hydrogen-bond acceptors (Lipinski definition) is 4. The smallest absolute Gasteiger partial charge is 0.227 e. The molecule has 1 aliphatic heterocycles. The molecule has 160 valence electrons. The fourth-order valence-electron chi connectivity index (χ4n) is 4.22. The summed E-state index contributed by atoms with van der Waals surface area (Å²) >= 11 is 1.69. The fraction of sp³-hybridized carbons (Fsp3) is 0.280. The third kappa shape index (κ3) is 4.64. The largest absolute Gasteiger partial charge is 0.497 e. The van der Waals surface area contributed by atoms with Crippen molar-refractivity contribution in [2.24, 2.45) is 11.1 Å². The molecule has 2 N–H and O–H groups in total. The quantitative estimate of drug-likeness (QED) is 0.613. The van der Waals surface area contributed by atoms with Crippen molar-refractivity contribution in [3.63, 3.8) is 0 Å². The van der Waals surface area contributed by atoms with Crippen LogP contribution in [0.1, 0.15) is 17.5 Å². The third-order valence-corrected chi connectivity index (χ3v) is 6.94. The molecule has 0 radical (unpaired) electrons. The number of methoxy groups -OCH3 is 1. The lowest BCUT2D eigenvalue weighted by Gasteiger charge is -2.26. The summed E-state index contributed by atoms with van der Waals surface area (Å²) in [4.78, 5) is 28.4. The molecule has 0 bridgehead atoms. The van der Waals surface area contributed by atoms with Gasteiger partial charge in [-0.15, -0.1) is 11.3 Å². The van der Waals surface area contributed by atoms with Gasteiger partial charge in [0.15, 0.2) is 0 Å². The Balaban J connectivity index is 1.47. The molecule has 1 aliphatic rings. The number of primary amides is 1. The van der Waals surface area contributed by atoms with Crippen molar-refractivity contribution >= 4 is 23.2 Å². The highest BCUT2D eigenvalue weighted by molar-refractivity contribution is 7.13. The second-order valence-electron chi connectivity index (χ2n) is 8.09. The number of benzene rings is 2. The van der Waals surface area contributed by atoms with Gasteiger partial charge in [0.25, 0.3) is 0 Å². The Morgan fingerprint density at radius 2 is 1.90 bits per heavy atom. The molecule has 1 aromatic heterocycles. The maximum Gasteiger partial charge on any atom is 0.227 e. The number of nitrogens with zero attached hydrogens (tertiary/aromatic N) is 1. The minimum absolute atomic E-state index is 0.0145. The first-order valence-electron chi connectivity index (χ1n) is 10.3. The van der Waals surface area contributed by atoms with Gasteiger partial charge in [-0.05, 0) is 53.1 Å². The molecule has 1 atom stereocenters. The van der Waals surface area contributed by atoms with E-state index >= 15 is 0 Å². The zero-order chi connectivity index (χ0) is 21.8. The summed E-state index contributed by atoms with van der Waals surface area (Å²) in [5.41, 5.74) is 8.26. The molecule has 0 saturated carbocycles. The number of carbonyl (C=O) groups excluding carboxylic acids is 2. The standard InChI is InChI=1S/C25H26N2O3S/c1-30-21-9-7-18(8-10-21)15-23(28)27-12-11-25(17-27,24(26)29)16-19-4-2-5-20(14-19)22-6-3-13-31-22/h2-10,13-14H,11-12,15-17H2,1H3,(H2,26,29)/t25-/m0/s1. The van der Waals surface area contributed by atoms with Gasteiger partial charge >= 0.3 is 0 Å². The van der Waals surface area contributed by atoms with Crippen LogP contribution in [0.3, 0.4) is 0 Å². The molecule has 31 heavy (non-hydrogen) atoms. The van der Waals surface area contributed by atoms with Gasteiger partial charge in [-0.3, -0.25) is 9.59 Å². The summed E-state index contributed by atoms with van der Waals surface area (Å²) in [6.45, 7) is 0.906. The van der Waals surface area contributed by atoms with E-state index in [1.807, 2.05) is 42.5 Å². The van der Waals surface area contributed by atoms with Crippen molar-refractivity contribution in [1.29, 1.82) is 0 Å². The van der Waals surface area contributed by atoms with Gasteiger partial charge in [0.05, 0.1) is 18.9 Å². The van der Waals surface area contributed by atoms with Gasteiger partial charge in [-0.1, -0.05) is 42.5 Å². The molecule has 2 heterocycles. The van der Waals surface area contributed by atoms with Crippen LogP contribution in [0.2, 0.25) is 0 Å². The van der Waals surface area contributed by atoms with Gasteiger partial charge in [0.1, 0.15) is 5.75 Å². The summed E-state index contributed by atoms with van der Waals surface area (Å²) in [6.07, 6.45) is 1.42. The van der Waals surface area contributed by atoms with Crippen molar-refractivity contribution in [1.82, 2.24) is 4.90 Å². The monoisotopic (exact) mass is 434 g/mol. The Hall–Kier alpha value is -3.12. The van der Waals surface area contributed by atoms with Gasteiger partial charge in [-0.2, -0.15) is 0 Å². The number of hydrogen-bond donors (Lipinski definition) is 1. The van der Waals surface area contributed by atoms with Crippen LogP contribution in [0.5, 0.6) is 5.75 Å². The van der Waals surface area contributed by atoms with Crippen molar-refractivity contribution in [2.45, 2.75) is 19.3 Å². The zero-order valence-electron chi connectivity index (χ0n) is 17.5. The average Bonchev–Trinajstić information content (AvgIpc) is 3.46. The molecule has 6 heteroatoms. The molecule has 4 rings (SSSR count). The normalized spacial score (nSPS) is 18.2. The first-order valence-corrected chi connectivity index (χ1v) is 11.2. The second-order valence-corrected chi connectivity index (χ2v) is 9.04. The molecule has 1 saturated heterocycles. The second kappa shape index (κ2) is 8.94. The number of thiophene rings is 1. The van der Waals surface area contributed by atoms with Crippen LogP contribution in [0, 0.1) is 5.41 Å². The number of amides is 2. The lowest BCUT2D eigenvalue weighted by atomic mass is 9.80. The van der Waals surface area contributed by atoms with E-state index in [0.717, 1.165) is 22.4 Å². The van der Waals surface area contributed by atoms with E-state index in [2.05, 4.69) is 23.6 Å². The summed E-state index contributed by atoms with van der Waals surface area (Å²) in [5.74, 6) is 0.435. The third-order valence-electron chi connectivity index (χ3n) is 6.02. The van der Waals surface area contributed by atoms with Gasteiger partial charge < -0.3 is 15.4 Å². The summed E-state index contributed by atoms with van der Waals surface area (Å²) in [6, 6.07) is 19.8. The average molecular weight is 435 g/mol. The molecule has 3 aromatic rings. The molecule has 2 aromatic carbocycles. The Labute approximate surface area is 186 Å². The van der Waals surface area contributed by atoms with E-state index in [-0.39, 0.29) is 11.8 Å². The van der Waals surface area contributed by atoms with E-state index < -0.39 is 5.41 Å². The summed E-state index contributed by atoms with van der Waals surface area (Å²) in [7, 11) is 1.62. The molecule has 0 spiro atoms. The van der Waals surface area contributed by atoms with Gasteiger partial charge in [-0.25, -0.2) is 0 Å². The highest BCUT2D eigenvalue weighted by Crippen LogP contribution is 2.36. The van der Waals surface area contributed by atoms with Gasteiger partial charge in [0, 0.05) is 18.0 Å². The highest BCUT2D eigenvalue weighted by Gasteiger charge is 2.44. The minimum atomic E-state index is -0.732. The Bertz CT molecular complexity index is 1060. The van der Waals surface area contributed by atoms with Crippen molar-refractivity contribution < 1.29 is 14.3 Å². The van der Waals surface area contributed by atoms with Crippen LogP contribution >= 0.6 is 11.3 Å². The van der Waals surface area contributed by atoms with Gasteiger partial charge in [0.2, 0.25) is 11.8 Å². The number of ether oxygens (including phenoxy) is 1. The first kappa shape index (κ1) is 21.1. The molecule has 2 amide bonds. The summed E-state index contributed by atoms with van der Waals surface area (Å²) in [5, 5.41) is 2.05. The van der Waals surface area contributed by atoms with Crippen molar-refractivity contribution in [2.75, 3.05) is 20.2 Å². The van der Waals surface area contributed by atoms with Crippen LogP contribution in [0.4, 0.5) is 0 Å². The maximum atomic E-state index is 12.9. The fourth-order valence-corrected chi connectivity index (χ4v) is 4.94. The zero-order valence-corrected chi connectivity index (χ0v) is 18.4. The lowest BCUT2D eigenvalue weighted by molar-refractivity contribution is -0.131. The van der Waals surface area contributed by atoms with Crippen LogP contribution in [-0.2, 0) is 22.4 Å². The number of likely N-dealkylation sites (tertiary alicyclic amines) is 1. The number of rotatable bonds is 7. The van der Waals surface area contributed by atoms with Crippen LogP contribution in [0.15, 0.2) is 66.0 Å². The van der Waals surface area contributed by atoms with E-state index in [0.29, 0.717) is 32.4 Å². The predicted octanol–water partition coefficient (Wildman–Crippen LogP) is 3.91. The molecule has 5 nitrogen and oxygen atoms in total. The van der Waals surface area contributed by atoms with E-state index in [9.17, 15) is 9.59 Å². The first-order chi connectivity index (χ1) is 15.0. The topological polar surface area (TPSA) is 72.6 Å². The van der Waals surface area contributed by atoms with Crippen LogP contribution in [-0.4, -0.2) is 36.9 Å². The van der Waals surface area contributed by atoms with Crippen molar-refractivity contribution in [3.05, 3.63) is 77.2 Å². The molecule has 1 fully saturated rings. The Morgan fingerprint density at radius 3 is 2.58 bits per heavy atom. The van der Waals surface area contributed by atoms with E-state index in [1.54, 1.807) is 23.3 Å². The minimum Gasteiger partial charge on any atom is -0.497 e. The maximum absolute atomic E-state index is 12.9. The lowest BCUT2D eigenvalue weighted by Crippen LogP contribution is -2.42. The van der Waals surface area contributed by atoms with E-state index in [4.69, 9.17) is 10.5 Å². The van der Waals surface area contributed by atoms with Crippen LogP contribution in [0.25, 0.3) is 10.4 Å². The Kier molecular flexibility index (Phi) is 6.09. The molecular formula is C25H26N2O3S. The SMILES string of the molecule is COc1ccc(CC(=O)N2CC[C@@](Cc3cccc(-c4cccs4)c3)(C(N)=O)C2)cc1. The molecule has 0 unspecified atom stereocenters. The Morgan fingerprint density at radius 1 is 1.10 bits per heavy atom. The number of nitrogens with two attached hydrogens (primary N) is 1. The van der Waals surface area contributed by atoms with Crippen molar-refractivity contribution in [3.8, 4) is 16.2 Å². The summed E-state index contributed by atoms with van der Waals surface area (Å²) < 4.78 is 5.17. The molecule has 0 aliphatic carbocycles. The predicted molar refractivity (Wildman–Crippen MR) is 123 cm³/mol. The molecular weight excluding hydrogens is 408 g/mol. The number of carbonyl (C=O) groups is 2. The van der Waals surface area contributed by atoms with Crippen LogP contribution < -0.4 is 10.5 Å². The van der Waals surface area contributed by atoms with E-state index in [1.165, 1.54) is 4.88 Å². The highest BCUT2D eigenvalue weighted by atomic mass is 32.1.